The summed E-state index contributed by atoms with van der Waals surface area (Å²) in [6.45, 7) is 0. The van der Waals surface area contributed by atoms with Crippen LogP contribution in [-0.4, -0.2) is 12.1 Å². The van der Waals surface area contributed by atoms with Crippen molar-refractivity contribution >= 4 is 0 Å². The van der Waals surface area contributed by atoms with Crippen molar-refractivity contribution in [2.45, 2.75) is 55.9 Å². The number of alkyl halides is 3. The monoisotopic (exact) mass is 302 g/mol. The highest BCUT2D eigenvalue weighted by molar-refractivity contribution is 5.36. The van der Waals surface area contributed by atoms with E-state index in [9.17, 15) is 17.6 Å². The Bertz CT molecular complexity index is 537. The number of hydrogen-bond acceptors (Lipinski definition) is 2. The summed E-state index contributed by atoms with van der Waals surface area (Å²) in [6.07, 6.45) is -0.231. The molecule has 3 rings (SSSR count). The van der Waals surface area contributed by atoms with Crippen LogP contribution < -0.4 is 11.1 Å². The number of halogens is 4. The molecule has 2 fully saturated rings. The van der Waals surface area contributed by atoms with Gasteiger partial charge in [-0.1, -0.05) is 12.5 Å². The Hall–Kier alpha value is -1.14. The van der Waals surface area contributed by atoms with E-state index >= 15 is 0 Å². The van der Waals surface area contributed by atoms with Crippen molar-refractivity contribution in [2.75, 3.05) is 0 Å². The Labute approximate surface area is 120 Å². The van der Waals surface area contributed by atoms with Crippen molar-refractivity contribution in [3.05, 3.63) is 35.1 Å². The summed E-state index contributed by atoms with van der Waals surface area (Å²) in [5.74, 6) is -1.22. The summed E-state index contributed by atoms with van der Waals surface area (Å²) in [5.41, 5.74) is 4.87. The highest BCUT2D eigenvalue weighted by atomic mass is 19.4. The molecule has 2 aliphatic carbocycles. The lowest BCUT2D eigenvalue weighted by Crippen LogP contribution is -2.46. The molecule has 0 amide bonds. The molecule has 1 aromatic carbocycles. The quantitative estimate of drug-likeness (QED) is 0.841. The van der Waals surface area contributed by atoms with Gasteiger partial charge in [-0.05, 0) is 43.4 Å². The van der Waals surface area contributed by atoms with E-state index in [-0.39, 0.29) is 12.1 Å². The zero-order valence-electron chi connectivity index (χ0n) is 11.5. The van der Waals surface area contributed by atoms with Gasteiger partial charge in [0.15, 0.2) is 0 Å². The summed E-state index contributed by atoms with van der Waals surface area (Å²) < 4.78 is 51.9. The molecule has 0 aromatic heterocycles. The smallest absolute Gasteiger partial charge is 0.326 e. The van der Waals surface area contributed by atoms with Gasteiger partial charge in [-0.25, -0.2) is 4.39 Å². The Balaban J connectivity index is 1.86. The van der Waals surface area contributed by atoms with E-state index in [0.717, 1.165) is 44.2 Å². The molecule has 2 atom stereocenters. The molecule has 1 aromatic rings. The maximum Gasteiger partial charge on any atom is 0.419 e. The van der Waals surface area contributed by atoms with Crippen LogP contribution >= 0.6 is 0 Å². The first kappa shape index (κ1) is 14.8. The predicted octanol–water partition coefficient (Wildman–Crippen LogP) is 3.30. The largest absolute Gasteiger partial charge is 0.419 e. The van der Waals surface area contributed by atoms with Crippen LogP contribution in [-0.2, 0) is 11.7 Å². The molecule has 2 nitrogen and oxygen atoms in total. The lowest BCUT2D eigenvalue weighted by molar-refractivity contribution is -0.140. The minimum atomic E-state index is -4.67. The summed E-state index contributed by atoms with van der Waals surface area (Å²) >= 11 is 0. The van der Waals surface area contributed by atoms with E-state index in [1.54, 1.807) is 0 Å². The number of nitrogens with one attached hydrogen (secondary N) is 1. The summed E-state index contributed by atoms with van der Waals surface area (Å²) in [7, 11) is 0. The van der Waals surface area contributed by atoms with Gasteiger partial charge < -0.3 is 11.1 Å². The Kier molecular flexibility index (Phi) is 3.48. The van der Waals surface area contributed by atoms with E-state index < -0.39 is 23.1 Å². The summed E-state index contributed by atoms with van der Waals surface area (Å²) in [6, 6.07) is 3.48. The first-order chi connectivity index (χ1) is 9.82. The fourth-order valence-corrected chi connectivity index (χ4v) is 3.20. The highest BCUT2D eigenvalue weighted by Gasteiger charge is 2.48. The van der Waals surface area contributed by atoms with Crippen LogP contribution in [0.25, 0.3) is 0 Å². The Morgan fingerprint density at radius 1 is 1.19 bits per heavy atom. The normalized spacial score (nSPS) is 27.9. The molecule has 0 aliphatic heterocycles. The van der Waals surface area contributed by atoms with E-state index in [1.165, 1.54) is 6.07 Å². The van der Waals surface area contributed by atoms with E-state index in [2.05, 4.69) is 5.32 Å². The molecule has 21 heavy (non-hydrogen) atoms. The molecule has 6 heteroatoms. The van der Waals surface area contributed by atoms with Gasteiger partial charge in [-0.15, -0.1) is 0 Å². The van der Waals surface area contributed by atoms with Crippen LogP contribution in [0.3, 0.4) is 0 Å². The molecule has 0 heterocycles. The third-order valence-corrected chi connectivity index (χ3v) is 4.61. The van der Waals surface area contributed by atoms with Crippen molar-refractivity contribution < 1.29 is 17.6 Å². The van der Waals surface area contributed by atoms with E-state index in [1.807, 2.05) is 0 Å². The second-order valence-electron chi connectivity index (χ2n) is 6.12. The number of nitrogens with two attached hydrogens (primary N) is 1. The summed E-state index contributed by atoms with van der Waals surface area (Å²) in [4.78, 5) is 0. The lowest BCUT2D eigenvalue weighted by Gasteiger charge is -2.26. The maximum absolute atomic E-state index is 13.4. The van der Waals surface area contributed by atoms with Gasteiger partial charge in [0.2, 0.25) is 0 Å². The van der Waals surface area contributed by atoms with Gasteiger partial charge in [0, 0.05) is 17.6 Å². The molecule has 2 unspecified atom stereocenters. The second-order valence-corrected chi connectivity index (χ2v) is 6.12. The van der Waals surface area contributed by atoms with Crippen LogP contribution in [0.2, 0.25) is 0 Å². The van der Waals surface area contributed by atoms with Gasteiger partial charge in [-0.3, -0.25) is 0 Å². The van der Waals surface area contributed by atoms with E-state index in [4.69, 9.17) is 5.73 Å². The van der Waals surface area contributed by atoms with Gasteiger partial charge in [-0.2, -0.15) is 13.2 Å². The third-order valence-electron chi connectivity index (χ3n) is 4.61. The van der Waals surface area contributed by atoms with E-state index in [0.29, 0.717) is 5.56 Å². The first-order valence-electron chi connectivity index (χ1n) is 7.22. The van der Waals surface area contributed by atoms with Crippen molar-refractivity contribution in [3.8, 4) is 0 Å². The molecule has 2 saturated carbocycles. The zero-order chi connectivity index (χ0) is 15.3. The molecule has 2 aliphatic rings. The number of hydrogen-bond donors (Lipinski definition) is 2. The molecule has 0 bridgehead atoms. The molecule has 0 saturated heterocycles. The Morgan fingerprint density at radius 2 is 1.90 bits per heavy atom. The average Bonchev–Trinajstić information content (AvgIpc) is 3.07. The fraction of sp³-hybridized carbons (Fsp3) is 0.600. The fourth-order valence-electron chi connectivity index (χ4n) is 3.20. The maximum atomic E-state index is 13.4. The molecule has 3 N–H and O–H groups in total. The standard InChI is InChI=1S/C15H18F4N2/c16-11-5-4-9(8-10(11)15(17,18)19)14(6-7-14)21-13-3-1-2-12(13)20/h4-5,8,12-13,21H,1-3,6-7,20H2. The van der Waals surface area contributed by atoms with Crippen LogP contribution in [0.4, 0.5) is 17.6 Å². The topological polar surface area (TPSA) is 38.0 Å². The van der Waals surface area contributed by atoms with Crippen LogP contribution in [0.15, 0.2) is 18.2 Å². The molecular weight excluding hydrogens is 284 g/mol. The second kappa shape index (κ2) is 4.95. The van der Waals surface area contributed by atoms with Crippen molar-refractivity contribution in [3.63, 3.8) is 0 Å². The molecule has 0 radical (unpaired) electrons. The van der Waals surface area contributed by atoms with Gasteiger partial charge >= 0.3 is 6.18 Å². The predicted molar refractivity (Wildman–Crippen MR) is 71.1 cm³/mol. The lowest BCUT2D eigenvalue weighted by atomic mass is 9.99. The van der Waals surface area contributed by atoms with Gasteiger partial charge in [0.25, 0.3) is 0 Å². The minimum absolute atomic E-state index is 0.0463. The SMILES string of the molecule is NC1CCCC1NC1(c2ccc(F)c(C(F)(F)F)c2)CC1. The first-order valence-corrected chi connectivity index (χ1v) is 7.22. The summed E-state index contributed by atoms with van der Waals surface area (Å²) in [5, 5.41) is 3.42. The van der Waals surface area contributed by atoms with Crippen molar-refractivity contribution in [1.29, 1.82) is 0 Å². The third kappa shape index (κ3) is 2.79. The number of benzene rings is 1. The van der Waals surface area contributed by atoms with Crippen LogP contribution in [0.1, 0.15) is 43.2 Å². The Morgan fingerprint density at radius 3 is 2.43 bits per heavy atom. The van der Waals surface area contributed by atoms with Crippen molar-refractivity contribution in [1.82, 2.24) is 5.32 Å². The average molecular weight is 302 g/mol. The molecule has 0 spiro atoms. The van der Waals surface area contributed by atoms with Gasteiger partial charge in [0.1, 0.15) is 5.82 Å². The van der Waals surface area contributed by atoms with Crippen LogP contribution in [0, 0.1) is 5.82 Å². The highest BCUT2D eigenvalue weighted by Crippen LogP contribution is 2.48. The molecule has 116 valence electrons. The zero-order valence-corrected chi connectivity index (χ0v) is 11.5. The van der Waals surface area contributed by atoms with Gasteiger partial charge in [0.05, 0.1) is 5.56 Å². The minimum Gasteiger partial charge on any atom is -0.326 e. The number of rotatable bonds is 3. The van der Waals surface area contributed by atoms with Crippen molar-refractivity contribution in [2.24, 2.45) is 5.73 Å². The van der Waals surface area contributed by atoms with Crippen LogP contribution in [0.5, 0.6) is 0 Å². The molecular formula is C15H18F4N2.